The molecular formula is C18H23BrClNO3. The second-order valence-electron chi connectivity index (χ2n) is 5.22. The van der Waals surface area contributed by atoms with Crippen LogP contribution in [0.2, 0.25) is 0 Å². The Bertz CT molecular complexity index is 625. The summed E-state index contributed by atoms with van der Waals surface area (Å²) < 4.78 is 11.7. The van der Waals surface area contributed by atoms with Crippen LogP contribution in [0.3, 0.4) is 0 Å². The predicted octanol–water partition coefficient (Wildman–Crippen LogP) is 3.88. The number of hydrogen-bond acceptors (Lipinski definition) is 4. The summed E-state index contributed by atoms with van der Waals surface area (Å²) >= 11 is 3.59. The molecule has 0 atom stereocenters. The standard InChI is InChI=1S/C18H22BrNO3.ClH/c1-22-17-10-15(16(19)11-18(17)23-2)13-20(8-9-21)12-14-6-4-3-5-7-14;/h3-7,10-11,21H,8-9,12-13H2,1-2H3;1H. The van der Waals surface area contributed by atoms with Crippen molar-refractivity contribution in [2.24, 2.45) is 0 Å². The molecule has 132 valence electrons. The van der Waals surface area contributed by atoms with E-state index < -0.39 is 0 Å². The molecule has 2 aromatic rings. The van der Waals surface area contributed by atoms with Crippen LogP contribution in [0.1, 0.15) is 11.1 Å². The third-order valence-corrected chi connectivity index (χ3v) is 4.35. The Morgan fingerprint density at radius 2 is 1.62 bits per heavy atom. The summed E-state index contributed by atoms with van der Waals surface area (Å²) in [6, 6.07) is 14.1. The van der Waals surface area contributed by atoms with Crippen molar-refractivity contribution in [3.05, 3.63) is 58.1 Å². The molecule has 0 saturated carbocycles. The molecule has 2 aromatic carbocycles. The molecule has 24 heavy (non-hydrogen) atoms. The maximum absolute atomic E-state index is 9.35. The zero-order valence-electron chi connectivity index (χ0n) is 13.9. The summed E-state index contributed by atoms with van der Waals surface area (Å²) in [5.74, 6) is 1.40. The zero-order valence-corrected chi connectivity index (χ0v) is 16.3. The molecule has 0 spiro atoms. The summed E-state index contributed by atoms with van der Waals surface area (Å²) in [5.41, 5.74) is 2.31. The van der Waals surface area contributed by atoms with Crippen LogP contribution in [0.5, 0.6) is 11.5 Å². The maximum atomic E-state index is 9.35. The van der Waals surface area contributed by atoms with E-state index >= 15 is 0 Å². The lowest BCUT2D eigenvalue weighted by molar-refractivity contribution is 0.184. The number of hydrogen-bond donors (Lipinski definition) is 1. The molecule has 0 unspecified atom stereocenters. The monoisotopic (exact) mass is 415 g/mol. The van der Waals surface area contributed by atoms with Gasteiger partial charge in [0.1, 0.15) is 0 Å². The summed E-state index contributed by atoms with van der Waals surface area (Å²) in [5, 5.41) is 9.35. The molecule has 0 bridgehead atoms. The van der Waals surface area contributed by atoms with Crippen molar-refractivity contribution in [2.75, 3.05) is 27.4 Å². The van der Waals surface area contributed by atoms with Gasteiger partial charge in [0.15, 0.2) is 11.5 Å². The van der Waals surface area contributed by atoms with Gasteiger partial charge < -0.3 is 14.6 Å². The first kappa shape index (κ1) is 20.8. The van der Waals surface area contributed by atoms with Gasteiger partial charge in [0.05, 0.1) is 20.8 Å². The van der Waals surface area contributed by atoms with Crippen LogP contribution >= 0.6 is 28.3 Å². The van der Waals surface area contributed by atoms with Crippen molar-refractivity contribution in [3.8, 4) is 11.5 Å². The minimum atomic E-state index is 0. The van der Waals surface area contributed by atoms with Gasteiger partial charge in [-0.1, -0.05) is 46.3 Å². The van der Waals surface area contributed by atoms with E-state index in [0.29, 0.717) is 24.6 Å². The third kappa shape index (κ3) is 5.67. The largest absolute Gasteiger partial charge is 0.493 e. The van der Waals surface area contributed by atoms with Crippen molar-refractivity contribution in [1.29, 1.82) is 0 Å². The first-order chi connectivity index (χ1) is 11.2. The molecule has 4 nitrogen and oxygen atoms in total. The molecule has 2 rings (SSSR count). The molecule has 0 radical (unpaired) electrons. The molecule has 0 aliphatic rings. The van der Waals surface area contributed by atoms with Gasteiger partial charge >= 0.3 is 0 Å². The van der Waals surface area contributed by atoms with Gasteiger partial charge in [0.25, 0.3) is 0 Å². The van der Waals surface area contributed by atoms with Crippen LogP contribution in [0.25, 0.3) is 0 Å². The predicted molar refractivity (Wildman–Crippen MR) is 102 cm³/mol. The van der Waals surface area contributed by atoms with Crippen LogP contribution < -0.4 is 9.47 Å². The molecular weight excluding hydrogens is 394 g/mol. The van der Waals surface area contributed by atoms with E-state index in [1.165, 1.54) is 5.56 Å². The SMILES string of the molecule is COc1cc(Br)c(CN(CCO)Cc2ccccc2)cc1OC.Cl. The van der Waals surface area contributed by atoms with Crippen molar-refractivity contribution in [3.63, 3.8) is 0 Å². The zero-order chi connectivity index (χ0) is 16.7. The molecule has 0 aliphatic heterocycles. The fourth-order valence-corrected chi connectivity index (χ4v) is 2.90. The van der Waals surface area contributed by atoms with E-state index in [-0.39, 0.29) is 19.0 Å². The second-order valence-corrected chi connectivity index (χ2v) is 6.07. The Balaban J connectivity index is 0.00000288. The number of aliphatic hydroxyl groups is 1. The number of nitrogens with zero attached hydrogens (tertiary/aromatic N) is 1. The summed E-state index contributed by atoms with van der Waals surface area (Å²) in [7, 11) is 3.25. The van der Waals surface area contributed by atoms with Crippen LogP contribution in [-0.4, -0.2) is 37.4 Å². The molecule has 0 heterocycles. The van der Waals surface area contributed by atoms with E-state index in [9.17, 15) is 5.11 Å². The number of methoxy groups -OCH3 is 2. The second kappa shape index (κ2) is 10.6. The summed E-state index contributed by atoms with van der Waals surface area (Å²) in [6.07, 6.45) is 0. The number of benzene rings is 2. The summed E-state index contributed by atoms with van der Waals surface area (Å²) in [4.78, 5) is 2.20. The highest BCUT2D eigenvalue weighted by molar-refractivity contribution is 9.10. The van der Waals surface area contributed by atoms with Crippen LogP contribution in [0, 0.1) is 0 Å². The first-order valence-electron chi connectivity index (χ1n) is 7.45. The molecule has 1 N–H and O–H groups in total. The van der Waals surface area contributed by atoms with Crippen LogP contribution in [0.4, 0.5) is 0 Å². The van der Waals surface area contributed by atoms with Gasteiger partial charge in [-0.05, 0) is 23.3 Å². The van der Waals surface area contributed by atoms with E-state index in [1.54, 1.807) is 14.2 Å². The minimum Gasteiger partial charge on any atom is -0.493 e. The van der Waals surface area contributed by atoms with Crippen molar-refractivity contribution < 1.29 is 14.6 Å². The van der Waals surface area contributed by atoms with Crippen LogP contribution in [-0.2, 0) is 13.1 Å². The van der Waals surface area contributed by atoms with Crippen LogP contribution in [0.15, 0.2) is 46.9 Å². The van der Waals surface area contributed by atoms with E-state index in [2.05, 4.69) is 33.0 Å². The molecule has 0 fully saturated rings. The van der Waals surface area contributed by atoms with Gasteiger partial charge in [0.2, 0.25) is 0 Å². The van der Waals surface area contributed by atoms with Gasteiger partial charge in [-0.15, -0.1) is 12.4 Å². The van der Waals surface area contributed by atoms with E-state index in [0.717, 1.165) is 16.6 Å². The normalized spacial score (nSPS) is 10.4. The van der Waals surface area contributed by atoms with E-state index in [1.807, 2.05) is 30.3 Å². The fraction of sp³-hybridized carbons (Fsp3) is 0.333. The molecule has 0 amide bonds. The average Bonchev–Trinajstić information content (AvgIpc) is 2.57. The van der Waals surface area contributed by atoms with Gasteiger partial charge in [-0.25, -0.2) is 0 Å². The Morgan fingerprint density at radius 1 is 1.00 bits per heavy atom. The highest BCUT2D eigenvalue weighted by Crippen LogP contribution is 2.34. The number of aliphatic hydroxyl groups excluding tert-OH is 1. The highest BCUT2D eigenvalue weighted by Gasteiger charge is 2.13. The fourth-order valence-electron chi connectivity index (χ4n) is 2.46. The number of halogens is 2. The lowest BCUT2D eigenvalue weighted by Gasteiger charge is -2.23. The molecule has 6 heteroatoms. The van der Waals surface area contributed by atoms with Crippen molar-refractivity contribution in [2.45, 2.75) is 13.1 Å². The smallest absolute Gasteiger partial charge is 0.161 e. The van der Waals surface area contributed by atoms with Gasteiger partial charge in [-0.2, -0.15) is 0 Å². The van der Waals surface area contributed by atoms with Crippen molar-refractivity contribution >= 4 is 28.3 Å². The Morgan fingerprint density at radius 3 is 2.21 bits per heavy atom. The lowest BCUT2D eigenvalue weighted by Crippen LogP contribution is -2.26. The Kier molecular flexibility index (Phi) is 9.14. The highest BCUT2D eigenvalue weighted by atomic mass is 79.9. The maximum Gasteiger partial charge on any atom is 0.161 e. The topological polar surface area (TPSA) is 41.9 Å². The quantitative estimate of drug-likeness (QED) is 0.709. The third-order valence-electron chi connectivity index (χ3n) is 3.61. The first-order valence-corrected chi connectivity index (χ1v) is 8.24. The average molecular weight is 417 g/mol. The molecule has 0 saturated heterocycles. The Labute approximate surface area is 157 Å². The minimum absolute atomic E-state index is 0. The number of ether oxygens (including phenoxy) is 2. The lowest BCUT2D eigenvalue weighted by atomic mass is 10.1. The van der Waals surface area contributed by atoms with Gasteiger partial charge in [0, 0.05) is 24.1 Å². The number of rotatable bonds is 8. The summed E-state index contributed by atoms with van der Waals surface area (Å²) in [6.45, 7) is 2.21. The van der Waals surface area contributed by atoms with Crippen molar-refractivity contribution in [1.82, 2.24) is 4.90 Å². The molecule has 0 aromatic heterocycles. The van der Waals surface area contributed by atoms with E-state index in [4.69, 9.17) is 9.47 Å². The van der Waals surface area contributed by atoms with Gasteiger partial charge in [-0.3, -0.25) is 4.90 Å². The molecule has 0 aliphatic carbocycles. The Hall–Kier alpha value is -1.27.